The summed E-state index contributed by atoms with van der Waals surface area (Å²) in [6.45, 7) is 5.13. The van der Waals surface area contributed by atoms with Gasteiger partial charge in [-0.3, -0.25) is 4.79 Å². The molecule has 0 radical (unpaired) electrons. The second-order valence-electron chi connectivity index (χ2n) is 5.59. The fourth-order valence-electron chi connectivity index (χ4n) is 2.65. The largest absolute Gasteiger partial charge is 0.397 e. The number of carbonyl (C=O) groups is 1. The summed E-state index contributed by atoms with van der Waals surface area (Å²) >= 11 is 1.74. The first-order valence-electron chi connectivity index (χ1n) is 7.06. The van der Waals surface area contributed by atoms with Crippen molar-refractivity contribution in [1.82, 2.24) is 0 Å². The van der Waals surface area contributed by atoms with Gasteiger partial charge in [0, 0.05) is 16.6 Å². The Labute approximate surface area is 128 Å². The lowest BCUT2D eigenvalue weighted by molar-refractivity contribution is -0.115. The summed E-state index contributed by atoms with van der Waals surface area (Å²) < 4.78 is 0. The number of carbonyl (C=O) groups excluding carboxylic acids is 1. The van der Waals surface area contributed by atoms with Crippen molar-refractivity contribution < 1.29 is 4.79 Å². The Bertz CT molecular complexity index is 664. The first-order valence-corrected chi connectivity index (χ1v) is 7.94. The van der Waals surface area contributed by atoms with Crippen molar-refractivity contribution in [2.24, 2.45) is 0 Å². The van der Waals surface area contributed by atoms with E-state index in [0.29, 0.717) is 12.5 Å². The molecule has 2 aromatic rings. The standard InChI is InChI=1S/C16H19N3OS/c1-10(2)19(9-12-4-3-5-21-12)15-8-14-11(6-13(15)17)7-16(20)18-14/h3-6,8,10H,7,9,17H2,1-2H3,(H,18,20). The van der Waals surface area contributed by atoms with Gasteiger partial charge in [0.2, 0.25) is 5.91 Å². The Hall–Kier alpha value is -2.01. The van der Waals surface area contributed by atoms with Crippen molar-refractivity contribution in [1.29, 1.82) is 0 Å². The molecule has 0 unspecified atom stereocenters. The lowest BCUT2D eigenvalue weighted by atomic mass is 10.1. The van der Waals surface area contributed by atoms with Crippen LogP contribution in [0.4, 0.5) is 17.1 Å². The van der Waals surface area contributed by atoms with Crippen LogP contribution in [0.2, 0.25) is 0 Å². The van der Waals surface area contributed by atoms with Crippen LogP contribution in [-0.4, -0.2) is 11.9 Å². The van der Waals surface area contributed by atoms with Gasteiger partial charge in [0.1, 0.15) is 0 Å². The minimum Gasteiger partial charge on any atom is -0.397 e. The fraction of sp³-hybridized carbons (Fsp3) is 0.312. The van der Waals surface area contributed by atoms with Crippen LogP contribution in [0.25, 0.3) is 0 Å². The van der Waals surface area contributed by atoms with Gasteiger partial charge in [0.15, 0.2) is 0 Å². The summed E-state index contributed by atoms with van der Waals surface area (Å²) in [5.41, 5.74) is 9.82. The Balaban J connectivity index is 1.96. The van der Waals surface area contributed by atoms with E-state index in [1.165, 1.54) is 4.88 Å². The molecule has 0 fully saturated rings. The number of thiophene rings is 1. The average molecular weight is 301 g/mol. The lowest BCUT2D eigenvalue weighted by Gasteiger charge is -2.30. The smallest absolute Gasteiger partial charge is 0.228 e. The zero-order chi connectivity index (χ0) is 15.0. The number of anilines is 3. The van der Waals surface area contributed by atoms with Gasteiger partial charge in [-0.1, -0.05) is 6.07 Å². The molecule has 0 aliphatic carbocycles. The molecule has 3 N–H and O–H groups in total. The quantitative estimate of drug-likeness (QED) is 0.852. The Morgan fingerprint density at radius 2 is 2.24 bits per heavy atom. The van der Waals surface area contributed by atoms with E-state index in [1.807, 2.05) is 12.1 Å². The average Bonchev–Trinajstić information content (AvgIpc) is 3.03. The summed E-state index contributed by atoms with van der Waals surface area (Å²) in [5, 5.41) is 4.98. The van der Waals surface area contributed by atoms with Crippen molar-refractivity contribution in [3.8, 4) is 0 Å². The second kappa shape index (κ2) is 5.41. The maximum atomic E-state index is 11.5. The summed E-state index contributed by atoms with van der Waals surface area (Å²) in [6, 6.07) is 8.44. The van der Waals surface area contributed by atoms with Crippen molar-refractivity contribution in [3.05, 3.63) is 40.1 Å². The van der Waals surface area contributed by atoms with Crippen molar-refractivity contribution in [2.75, 3.05) is 16.0 Å². The predicted molar refractivity (Wildman–Crippen MR) is 88.8 cm³/mol. The van der Waals surface area contributed by atoms with E-state index >= 15 is 0 Å². The van der Waals surface area contributed by atoms with Gasteiger partial charge in [0.25, 0.3) is 0 Å². The number of nitrogens with zero attached hydrogens (tertiary/aromatic N) is 1. The third kappa shape index (κ3) is 2.74. The van der Waals surface area contributed by atoms with Crippen LogP contribution in [0, 0.1) is 0 Å². The highest BCUT2D eigenvalue weighted by Crippen LogP contribution is 2.35. The number of fused-ring (bicyclic) bond motifs is 1. The molecule has 1 amide bonds. The highest BCUT2D eigenvalue weighted by Gasteiger charge is 2.22. The number of hydrogen-bond acceptors (Lipinski definition) is 4. The number of nitrogen functional groups attached to an aromatic ring is 1. The van der Waals surface area contributed by atoms with Crippen LogP contribution in [0.15, 0.2) is 29.6 Å². The van der Waals surface area contributed by atoms with Gasteiger partial charge in [0.05, 0.1) is 24.3 Å². The molecule has 3 rings (SSSR count). The van der Waals surface area contributed by atoms with Gasteiger partial charge in [-0.05, 0) is 43.0 Å². The summed E-state index contributed by atoms with van der Waals surface area (Å²) in [7, 11) is 0. The molecule has 21 heavy (non-hydrogen) atoms. The Morgan fingerprint density at radius 1 is 1.43 bits per heavy atom. The topological polar surface area (TPSA) is 58.4 Å². The van der Waals surface area contributed by atoms with Crippen LogP contribution in [0.1, 0.15) is 24.3 Å². The molecule has 0 saturated carbocycles. The van der Waals surface area contributed by atoms with Crippen LogP contribution < -0.4 is 16.0 Å². The van der Waals surface area contributed by atoms with Gasteiger partial charge in [-0.2, -0.15) is 0 Å². The fourth-order valence-corrected chi connectivity index (χ4v) is 3.35. The van der Waals surface area contributed by atoms with E-state index in [0.717, 1.165) is 29.2 Å². The summed E-state index contributed by atoms with van der Waals surface area (Å²) in [6.07, 6.45) is 0.423. The van der Waals surface area contributed by atoms with Crippen LogP contribution in [0.5, 0.6) is 0 Å². The van der Waals surface area contributed by atoms with E-state index in [4.69, 9.17) is 5.73 Å². The summed E-state index contributed by atoms with van der Waals surface area (Å²) in [5.74, 6) is 0.0379. The monoisotopic (exact) mass is 301 g/mol. The van der Waals surface area contributed by atoms with E-state index in [9.17, 15) is 4.79 Å². The molecule has 1 aromatic carbocycles. The van der Waals surface area contributed by atoms with Crippen molar-refractivity contribution >= 4 is 34.3 Å². The molecule has 0 bridgehead atoms. The molecule has 4 nitrogen and oxygen atoms in total. The van der Waals surface area contributed by atoms with Crippen LogP contribution in [0.3, 0.4) is 0 Å². The number of amides is 1. The molecule has 5 heteroatoms. The first kappa shape index (κ1) is 13.9. The molecule has 110 valence electrons. The van der Waals surface area contributed by atoms with Gasteiger partial charge in [-0.15, -0.1) is 11.3 Å². The van der Waals surface area contributed by atoms with Crippen molar-refractivity contribution in [3.63, 3.8) is 0 Å². The van der Waals surface area contributed by atoms with E-state index < -0.39 is 0 Å². The zero-order valence-corrected chi connectivity index (χ0v) is 13.0. The Kier molecular flexibility index (Phi) is 3.59. The second-order valence-corrected chi connectivity index (χ2v) is 6.63. The maximum Gasteiger partial charge on any atom is 0.228 e. The first-order chi connectivity index (χ1) is 10.0. The number of rotatable bonds is 4. The Morgan fingerprint density at radius 3 is 2.90 bits per heavy atom. The lowest BCUT2D eigenvalue weighted by Crippen LogP contribution is -2.30. The molecule has 0 saturated heterocycles. The zero-order valence-electron chi connectivity index (χ0n) is 12.2. The third-order valence-corrected chi connectivity index (χ3v) is 4.58. The molecule has 1 aliphatic heterocycles. The molecule has 1 aromatic heterocycles. The molecule has 2 heterocycles. The minimum absolute atomic E-state index is 0.0379. The molecule has 0 atom stereocenters. The molecule has 1 aliphatic rings. The highest BCUT2D eigenvalue weighted by molar-refractivity contribution is 7.09. The number of nitrogens with two attached hydrogens (primary N) is 1. The van der Waals surface area contributed by atoms with E-state index in [2.05, 4.69) is 41.6 Å². The van der Waals surface area contributed by atoms with Gasteiger partial charge >= 0.3 is 0 Å². The molecule has 0 spiro atoms. The van der Waals surface area contributed by atoms with E-state index in [1.54, 1.807) is 11.3 Å². The molecular weight excluding hydrogens is 282 g/mol. The molecular formula is C16H19N3OS. The van der Waals surface area contributed by atoms with Crippen LogP contribution in [-0.2, 0) is 17.8 Å². The normalized spacial score (nSPS) is 13.4. The predicted octanol–water partition coefficient (Wildman–Crippen LogP) is 3.24. The van der Waals surface area contributed by atoms with Crippen LogP contribution >= 0.6 is 11.3 Å². The van der Waals surface area contributed by atoms with E-state index in [-0.39, 0.29) is 5.91 Å². The third-order valence-electron chi connectivity index (χ3n) is 3.72. The summed E-state index contributed by atoms with van der Waals surface area (Å²) in [4.78, 5) is 15.1. The van der Waals surface area contributed by atoms with Crippen molar-refractivity contribution in [2.45, 2.75) is 32.9 Å². The SMILES string of the molecule is CC(C)N(Cc1cccs1)c1cc2c(cc1N)CC(=O)N2. The number of hydrogen-bond donors (Lipinski definition) is 2. The van der Waals surface area contributed by atoms with Gasteiger partial charge in [-0.25, -0.2) is 0 Å². The number of nitrogens with one attached hydrogen (secondary N) is 1. The maximum absolute atomic E-state index is 11.5. The minimum atomic E-state index is 0.0379. The highest BCUT2D eigenvalue weighted by atomic mass is 32.1. The van der Waals surface area contributed by atoms with Gasteiger partial charge < -0.3 is 16.0 Å². The number of benzene rings is 1.